The van der Waals surface area contributed by atoms with Crippen molar-refractivity contribution < 1.29 is 5.11 Å². The van der Waals surface area contributed by atoms with Crippen molar-refractivity contribution in [2.24, 2.45) is 10.8 Å². The summed E-state index contributed by atoms with van der Waals surface area (Å²) in [7, 11) is 0. The molecule has 2 aromatic carbocycles. The Bertz CT molecular complexity index is 797. The molecule has 0 aliphatic carbocycles. The smallest absolute Gasteiger partial charge is 0.0925 e. The molecule has 1 unspecified atom stereocenters. The Balaban J connectivity index is 2.52. The predicted molar refractivity (Wildman–Crippen MR) is 116 cm³/mol. The van der Waals surface area contributed by atoms with E-state index in [4.69, 9.17) is 0 Å². The van der Waals surface area contributed by atoms with Gasteiger partial charge in [-0.25, -0.2) is 0 Å². The average molecular weight is 353 g/mol. The van der Waals surface area contributed by atoms with Gasteiger partial charge >= 0.3 is 0 Å². The topological polar surface area (TPSA) is 20.2 Å². The number of hydrogen-bond donors (Lipinski definition) is 1. The number of allylic oxidation sites excluding steroid dienone is 1. The standard InChI is InChI=1S/C25H36O/c1-9-22(26)15-20-13-18-10-11-19(14-21(18)12-17(20)2)23(25(6,7)8)16-24(3,4)5/h10-15,23,26H,9,16H2,1-8H3/b22-15+. The molecule has 0 bridgehead atoms. The van der Waals surface area contributed by atoms with E-state index in [1.165, 1.54) is 28.3 Å². The monoisotopic (exact) mass is 352 g/mol. The first-order chi connectivity index (χ1) is 11.9. The third-order valence-electron chi connectivity index (χ3n) is 5.20. The van der Waals surface area contributed by atoms with E-state index in [0.29, 0.717) is 23.5 Å². The van der Waals surface area contributed by atoms with Gasteiger partial charge in [0.15, 0.2) is 0 Å². The molecule has 0 fully saturated rings. The maximum Gasteiger partial charge on any atom is 0.0925 e. The van der Waals surface area contributed by atoms with Crippen molar-refractivity contribution in [3.05, 3.63) is 52.8 Å². The van der Waals surface area contributed by atoms with Crippen LogP contribution < -0.4 is 0 Å². The molecular weight excluding hydrogens is 316 g/mol. The summed E-state index contributed by atoms with van der Waals surface area (Å²) >= 11 is 0. The minimum Gasteiger partial charge on any atom is -0.512 e. The molecule has 1 nitrogen and oxygen atoms in total. The minimum atomic E-state index is 0.228. The van der Waals surface area contributed by atoms with Gasteiger partial charge in [0.05, 0.1) is 5.76 Å². The molecule has 26 heavy (non-hydrogen) atoms. The fraction of sp³-hybridized carbons (Fsp3) is 0.520. The molecule has 0 spiro atoms. The molecule has 0 amide bonds. The van der Waals surface area contributed by atoms with Crippen LogP contribution in [0.4, 0.5) is 0 Å². The predicted octanol–water partition coefficient (Wildman–Crippen LogP) is 8.02. The zero-order valence-corrected chi connectivity index (χ0v) is 17.9. The van der Waals surface area contributed by atoms with Crippen molar-refractivity contribution in [1.82, 2.24) is 0 Å². The third kappa shape index (κ3) is 5.13. The quantitative estimate of drug-likeness (QED) is 0.552. The Morgan fingerprint density at radius 2 is 1.65 bits per heavy atom. The Hall–Kier alpha value is -1.76. The van der Waals surface area contributed by atoms with E-state index < -0.39 is 0 Å². The molecule has 1 atom stereocenters. The van der Waals surface area contributed by atoms with Crippen LogP contribution >= 0.6 is 0 Å². The highest BCUT2D eigenvalue weighted by Crippen LogP contribution is 2.43. The molecule has 0 radical (unpaired) electrons. The highest BCUT2D eigenvalue weighted by atomic mass is 16.3. The van der Waals surface area contributed by atoms with Crippen LogP contribution in [0.1, 0.15) is 83.9 Å². The van der Waals surface area contributed by atoms with Gasteiger partial charge in [-0.1, -0.05) is 72.7 Å². The van der Waals surface area contributed by atoms with Crippen LogP contribution in [-0.4, -0.2) is 5.11 Å². The fourth-order valence-corrected chi connectivity index (χ4v) is 3.64. The van der Waals surface area contributed by atoms with E-state index in [1.807, 2.05) is 13.0 Å². The zero-order chi connectivity index (χ0) is 19.7. The number of aliphatic hydroxyl groups is 1. The van der Waals surface area contributed by atoms with Crippen molar-refractivity contribution in [1.29, 1.82) is 0 Å². The molecule has 1 heteroatoms. The first-order valence-electron chi connectivity index (χ1n) is 9.84. The maximum absolute atomic E-state index is 9.88. The average Bonchev–Trinajstić information content (AvgIpc) is 2.51. The largest absolute Gasteiger partial charge is 0.512 e. The lowest BCUT2D eigenvalue weighted by molar-refractivity contribution is 0.229. The molecule has 2 aromatic rings. The normalized spacial score (nSPS) is 14.7. The molecule has 0 heterocycles. The third-order valence-corrected chi connectivity index (χ3v) is 5.20. The van der Waals surface area contributed by atoms with Crippen molar-refractivity contribution in [3.63, 3.8) is 0 Å². The lowest BCUT2D eigenvalue weighted by Gasteiger charge is -2.36. The first-order valence-corrected chi connectivity index (χ1v) is 9.84. The Morgan fingerprint density at radius 1 is 1.00 bits per heavy atom. The molecule has 1 N–H and O–H groups in total. The molecule has 0 aliphatic heterocycles. The zero-order valence-electron chi connectivity index (χ0n) is 17.9. The SMILES string of the molecule is CC/C(O)=C\c1cc2ccc(C(CC(C)(C)C)C(C)(C)C)cc2cc1C. The second-order valence-corrected chi connectivity index (χ2v) is 9.99. The number of rotatable bonds is 4. The number of benzene rings is 2. The van der Waals surface area contributed by atoms with Crippen LogP contribution in [0.25, 0.3) is 16.8 Å². The van der Waals surface area contributed by atoms with E-state index in [2.05, 4.69) is 78.8 Å². The van der Waals surface area contributed by atoms with Crippen molar-refractivity contribution >= 4 is 16.8 Å². The van der Waals surface area contributed by atoms with Crippen LogP contribution in [0, 0.1) is 17.8 Å². The van der Waals surface area contributed by atoms with Gasteiger partial charge in [0.2, 0.25) is 0 Å². The molecule has 0 aliphatic rings. The van der Waals surface area contributed by atoms with Gasteiger partial charge in [0.1, 0.15) is 0 Å². The fourth-order valence-electron chi connectivity index (χ4n) is 3.64. The second-order valence-electron chi connectivity index (χ2n) is 9.99. The molecular formula is C25H36O. The number of fused-ring (bicyclic) bond motifs is 1. The van der Waals surface area contributed by atoms with Crippen molar-refractivity contribution in [2.75, 3.05) is 0 Å². The Labute approximate surface area is 160 Å². The van der Waals surface area contributed by atoms with E-state index >= 15 is 0 Å². The molecule has 142 valence electrons. The molecule has 2 rings (SSSR count). The van der Waals surface area contributed by atoms with E-state index in [-0.39, 0.29) is 5.41 Å². The number of hydrogen-bond acceptors (Lipinski definition) is 1. The van der Waals surface area contributed by atoms with Crippen LogP contribution in [0.3, 0.4) is 0 Å². The lowest BCUT2D eigenvalue weighted by atomic mass is 9.69. The maximum atomic E-state index is 9.88. The van der Waals surface area contributed by atoms with Crippen LogP contribution in [0.15, 0.2) is 36.1 Å². The van der Waals surface area contributed by atoms with Crippen LogP contribution in [0.2, 0.25) is 0 Å². The van der Waals surface area contributed by atoms with Gasteiger partial charge in [-0.3, -0.25) is 0 Å². The highest BCUT2D eigenvalue weighted by Gasteiger charge is 2.30. The van der Waals surface area contributed by atoms with Gasteiger partial charge in [-0.2, -0.15) is 0 Å². The summed E-state index contributed by atoms with van der Waals surface area (Å²) in [6.45, 7) is 18.1. The summed E-state index contributed by atoms with van der Waals surface area (Å²) in [5, 5.41) is 12.4. The summed E-state index contributed by atoms with van der Waals surface area (Å²) < 4.78 is 0. The molecule has 0 aromatic heterocycles. The van der Waals surface area contributed by atoms with Gasteiger partial charge in [-0.05, 0) is 69.7 Å². The van der Waals surface area contributed by atoms with E-state index in [1.54, 1.807) is 0 Å². The first kappa shape index (κ1) is 20.6. The van der Waals surface area contributed by atoms with E-state index in [9.17, 15) is 5.11 Å². The molecule has 0 saturated heterocycles. The lowest BCUT2D eigenvalue weighted by Crippen LogP contribution is -2.23. The Kier molecular flexibility index (Phi) is 5.90. The molecule has 0 saturated carbocycles. The number of aliphatic hydroxyl groups excluding tert-OH is 1. The van der Waals surface area contributed by atoms with Crippen LogP contribution in [0.5, 0.6) is 0 Å². The van der Waals surface area contributed by atoms with Gasteiger partial charge in [0, 0.05) is 6.42 Å². The van der Waals surface area contributed by atoms with Crippen molar-refractivity contribution in [2.45, 2.75) is 74.1 Å². The summed E-state index contributed by atoms with van der Waals surface area (Å²) in [6, 6.07) is 11.4. The van der Waals surface area contributed by atoms with Gasteiger partial charge in [0.25, 0.3) is 0 Å². The summed E-state index contributed by atoms with van der Waals surface area (Å²) in [5.41, 5.74) is 4.27. The van der Waals surface area contributed by atoms with E-state index in [0.717, 1.165) is 5.56 Å². The second kappa shape index (κ2) is 7.47. The summed E-state index contributed by atoms with van der Waals surface area (Å²) in [5.74, 6) is 0.956. The van der Waals surface area contributed by atoms with Crippen molar-refractivity contribution in [3.8, 4) is 0 Å². The summed E-state index contributed by atoms with van der Waals surface area (Å²) in [6.07, 6.45) is 3.73. The van der Waals surface area contributed by atoms with Crippen LogP contribution in [-0.2, 0) is 0 Å². The summed E-state index contributed by atoms with van der Waals surface area (Å²) in [4.78, 5) is 0. The van der Waals surface area contributed by atoms with Gasteiger partial charge in [-0.15, -0.1) is 0 Å². The highest BCUT2D eigenvalue weighted by molar-refractivity contribution is 5.86. The van der Waals surface area contributed by atoms with Gasteiger partial charge < -0.3 is 5.11 Å². The minimum absolute atomic E-state index is 0.228. The number of aryl methyl sites for hydroxylation is 1. The Morgan fingerprint density at radius 3 is 2.19 bits per heavy atom.